The zero-order valence-corrected chi connectivity index (χ0v) is 9.06. The topological polar surface area (TPSA) is 21.3 Å². The molecule has 1 atom stereocenters. The molecule has 0 amide bonds. The second-order valence-corrected chi connectivity index (χ2v) is 4.17. The Morgan fingerprint density at radius 2 is 2.46 bits per heavy atom. The average Bonchev–Trinajstić information content (AvgIpc) is 2.57. The molecule has 0 bridgehead atoms. The number of rotatable bonds is 6. The smallest absolute Gasteiger partial charge is 0.0613 e. The zero-order valence-electron chi connectivity index (χ0n) is 8.25. The molecular weight excluding hydrogens is 182 g/mol. The van der Waals surface area contributed by atoms with Crippen LogP contribution in [0.15, 0.2) is 17.5 Å². The normalized spacial score (nSPS) is 13.1. The average molecular weight is 199 g/mol. The molecule has 0 fully saturated rings. The lowest BCUT2D eigenvalue weighted by atomic mass is 10.3. The Morgan fingerprint density at radius 1 is 1.62 bits per heavy atom. The lowest BCUT2D eigenvalue weighted by molar-refractivity contribution is 0.172. The summed E-state index contributed by atoms with van der Waals surface area (Å²) in [6.07, 6.45) is 1.12. The first kappa shape index (κ1) is 10.7. The van der Waals surface area contributed by atoms with E-state index < -0.39 is 0 Å². The SMILES string of the molecule is COCC(C)NCCc1cccs1. The van der Waals surface area contributed by atoms with Gasteiger partial charge >= 0.3 is 0 Å². The summed E-state index contributed by atoms with van der Waals surface area (Å²) in [5, 5.41) is 5.52. The largest absolute Gasteiger partial charge is 0.383 e. The zero-order chi connectivity index (χ0) is 9.52. The molecule has 0 aliphatic rings. The Balaban J connectivity index is 2.07. The number of hydrogen-bond donors (Lipinski definition) is 1. The van der Waals surface area contributed by atoms with Crippen molar-refractivity contribution in [3.05, 3.63) is 22.4 Å². The molecule has 0 saturated heterocycles. The highest BCUT2D eigenvalue weighted by atomic mass is 32.1. The van der Waals surface area contributed by atoms with Crippen molar-refractivity contribution in [3.8, 4) is 0 Å². The standard InChI is InChI=1S/C10H17NOS/c1-9(8-12-2)11-6-5-10-4-3-7-13-10/h3-4,7,9,11H,5-6,8H2,1-2H3. The number of nitrogens with one attached hydrogen (secondary N) is 1. The minimum atomic E-state index is 0.449. The quantitative estimate of drug-likeness (QED) is 0.755. The molecule has 1 unspecified atom stereocenters. The number of thiophene rings is 1. The Bertz CT molecular complexity index is 211. The highest BCUT2D eigenvalue weighted by Crippen LogP contribution is 2.08. The molecule has 3 heteroatoms. The summed E-state index contributed by atoms with van der Waals surface area (Å²) >= 11 is 1.82. The predicted octanol–water partition coefficient (Wildman–Crippen LogP) is 1.92. The van der Waals surface area contributed by atoms with Crippen LogP contribution in [0, 0.1) is 0 Å². The van der Waals surface area contributed by atoms with E-state index in [1.807, 2.05) is 11.3 Å². The van der Waals surface area contributed by atoms with Gasteiger partial charge in [0.2, 0.25) is 0 Å². The number of methoxy groups -OCH3 is 1. The fraction of sp³-hybridized carbons (Fsp3) is 0.600. The molecule has 2 nitrogen and oxygen atoms in total. The fourth-order valence-corrected chi connectivity index (χ4v) is 1.91. The van der Waals surface area contributed by atoms with Crippen LogP contribution in [0.3, 0.4) is 0 Å². The van der Waals surface area contributed by atoms with Crippen molar-refractivity contribution in [2.45, 2.75) is 19.4 Å². The van der Waals surface area contributed by atoms with E-state index in [-0.39, 0.29) is 0 Å². The second kappa shape index (κ2) is 6.13. The molecule has 0 spiro atoms. The number of hydrogen-bond acceptors (Lipinski definition) is 3. The van der Waals surface area contributed by atoms with Gasteiger partial charge in [0.15, 0.2) is 0 Å². The van der Waals surface area contributed by atoms with E-state index in [0.29, 0.717) is 6.04 Å². The van der Waals surface area contributed by atoms with Crippen molar-refractivity contribution in [2.75, 3.05) is 20.3 Å². The van der Waals surface area contributed by atoms with Crippen molar-refractivity contribution < 1.29 is 4.74 Å². The summed E-state index contributed by atoms with van der Waals surface area (Å²) in [4.78, 5) is 1.44. The first-order valence-corrected chi connectivity index (χ1v) is 5.45. The minimum Gasteiger partial charge on any atom is -0.383 e. The molecule has 0 aromatic carbocycles. The van der Waals surface area contributed by atoms with E-state index in [2.05, 4.69) is 29.8 Å². The highest BCUT2D eigenvalue weighted by molar-refractivity contribution is 7.09. The summed E-state index contributed by atoms with van der Waals surface area (Å²) in [6.45, 7) is 3.95. The fourth-order valence-electron chi connectivity index (χ4n) is 1.21. The summed E-state index contributed by atoms with van der Waals surface area (Å²) in [6, 6.07) is 4.72. The van der Waals surface area contributed by atoms with Crippen LogP contribution >= 0.6 is 11.3 Å². The first-order chi connectivity index (χ1) is 6.33. The van der Waals surface area contributed by atoms with Crippen LogP contribution in [0.1, 0.15) is 11.8 Å². The van der Waals surface area contributed by atoms with E-state index in [4.69, 9.17) is 4.74 Å². The molecule has 0 aliphatic carbocycles. The molecule has 0 saturated carbocycles. The van der Waals surface area contributed by atoms with Crippen LogP contribution < -0.4 is 5.32 Å². The van der Waals surface area contributed by atoms with Crippen LogP contribution in [0.5, 0.6) is 0 Å². The van der Waals surface area contributed by atoms with Crippen LogP contribution in [-0.4, -0.2) is 26.3 Å². The predicted molar refractivity (Wildman–Crippen MR) is 57.4 cm³/mol. The third-order valence-electron chi connectivity index (χ3n) is 1.86. The van der Waals surface area contributed by atoms with E-state index in [0.717, 1.165) is 19.6 Å². The lowest BCUT2D eigenvalue weighted by Gasteiger charge is -2.11. The van der Waals surface area contributed by atoms with Gasteiger partial charge in [0.25, 0.3) is 0 Å². The first-order valence-electron chi connectivity index (χ1n) is 4.57. The van der Waals surface area contributed by atoms with Gasteiger partial charge in [0.1, 0.15) is 0 Å². The molecule has 1 aromatic rings. The third-order valence-corrected chi connectivity index (χ3v) is 2.80. The van der Waals surface area contributed by atoms with Crippen molar-refractivity contribution in [3.63, 3.8) is 0 Å². The van der Waals surface area contributed by atoms with Crippen LogP contribution in [-0.2, 0) is 11.2 Å². The Hall–Kier alpha value is -0.380. The molecule has 1 N–H and O–H groups in total. The summed E-state index contributed by atoms with van der Waals surface area (Å²) in [5.74, 6) is 0. The monoisotopic (exact) mass is 199 g/mol. The second-order valence-electron chi connectivity index (χ2n) is 3.14. The van der Waals surface area contributed by atoms with Crippen molar-refractivity contribution in [1.82, 2.24) is 5.32 Å². The lowest BCUT2D eigenvalue weighted by Crippen LogP contribution is -2.31. The van der Waals surface area contributed by atoms with Gasteiger partial charge in [0, 0.05) is 24.6 Å². The van der Waals surface area contributed by atoms with Gasteiger partial charge in [-0.25, -0.2) is 0 Å². The van der Waals surface area contributed by atoms with Gasteiger partial charge in [0.05, 0.1) is 6.61 Å². The molecule has 0 radical (unpaired) electrons. The van der Waals surface area contributed by atoms with Crippen molar-refractivity contribution in [1.29, 1.82) is 0 Å². The van der Waals surface area contributed by atoms with E-state index in [1.165, 1.54) is 4.88 Å². The third kappa shape index (κ3) is 4.41. The van der Waals surface area contributed by atoms with E-state index >= 15 is 0 Å². The number of ether oxygens (including phenoxy) is 1. The molecule has 13 heavy (non-hydrogen) atoms. The Kier molecular flexibility index (Phi) is 5.05. The van der Waals surface area contributed by atoms with Gasteiger partial charge in [-0.3, -0.25) is 0 Å². The minimum absolute atomic E-state index is 0.449. The maximum atomic E-state index is 5.03. The molecule has 1 heterocycles. The van der Waals surface area contributed by atoms with Gasteiger partial charge in [-0.15, -0.1) is 11.3 Å². The Morgan fingerprint density at radius 3 is 3.08 bits per heavy atom. The molecule has 74 valence electrons. The molecule has 1 rings (SSSR count). The molecule has 1 aromatic heterocycles. The molecule has 0 aliphatic heterocycles. The maximum Gasteiger partial charge on any atom is 0.0613 e. The van der Waals surface area contributed by atoms with Crippen molar-refractivity contribution in [2.24, 2.45) is 0 Å². The van der Waals surface area contributed by atoms with E-state index in [9.17, 15) is 0 Å². The van der Waals surface area contributed by atoms with Crippen molar-refractivity contribution >= 4 is 11.3 Å². The highest BCUT2D eigenvalue weighted by Gasteiger charge is 1.99. The van der Waals surface area contributed by atoms with Crippen LogP contribution in [0.4, 0.5) is 0 Å². The summed E-state index contributed by atoms with van der Waals surface area (Å²) < 4.78 is 5.03. The Labute approximate surface area is 83.9 Å². The van der Waals surface area contributed by atoms with Crippen LogP contribution in [0.2, 0.25) is 0 Å². The van der Waals surface area contributed by atoms with Gasteiger partial charge in [-0.05, 0) is 24.8 Å². The van der Waals surface area contributed by atoms with Gasteiger partial charge in [-0.1, -0.05) is 6.07 Å². The van der Waals surface area contributed by atoms with Gasteiger partial charge < -0.3 is 10.1 Å². The van der Waals surface area contributed by atoms with E-state index in [1.54, 1.807) is 7.11 Å². The van der Waals surface area contributed by atoms with Crippen LogP contribution in [0.25, 0.3) is 0 Å². The molecular formula is C10H17NOS. The summed E-state index contributed by atoms with van der Waals surface area (Å²) in [7, 11) is 1.73. The summed E-state index contributed by atoms with van der Waals surface area (Å²) in [5.41, 5.74) is 0. The van der Waals surface area contributed by atoms with Gasteiger partial charge in [-0.2, -0.15) is 0 Å². The maximum absolute atomic E-state index is 5.03.